The zero-order valence-corrected chi connectivity index (χ0v) is 18.5. The van der Waals surface area contributed by atoms with Crippen LogP contribution in [-0.2, 0) is 4.74 Å². The van der Waals surface area contributed by atoms with E-state index in [0.29, 0.717) is 30.1 Å². The van der Waals surface area contributed by atoms with Gasteiger partial charge < -0.3 is 25.8 Å². The third-order valence-electron chi connectivity index (χ3n) is 4.48. The lowest BCUT2D eigenvalue weighted by molar-refractivity contribution is 0.0275. The van der Waals surface area contributed by atoms with Gasteiger partial charge in [-0.25, -0.2) is 9.59 Å². The molecule has 1 aromatic heterocycles. The van der Waals surface area contributed by atoms with Crippen LogP contribution in [0.15, 0.2) is 30.3 Å². The number of carbonyl (C=O) groups excluding carboxylic acids is 3. The van der Waals surface area contributed by atoms with E-state index >= 15 is 0 Å². The molecule has 0 spiro atoms. The van der Waals surface area contributed by atoms with Crippen molar-refractivity contribution in [1.82, 2.24) is 4.90 Å². The number of primary amides is 2. The molecule has 1 atom stereocenters. The zero-order valence-electron chi connectivity index (χ0n) is 17.6. The molecule has 0 bridgehead atoms. The highest BCUT2D eigenvalue weighted by Crippen LogP contribution is 2.40. The smallest absolute Gasteiger partial charge is 0.410 e. The Bertz CT molecular complexity index is 998. The Hall–Kier alpha value is -3.27. The number of amides is 4. The first-order valence-electron chi connectivity index (χ1n) is 9.77. The number of nitrogens with two attached hydrogens (primary N) is 2. The van der Waals surface area contributed by atoms with E-state index in [-0.39, 0.29) is 22.8 Å². The highest BCUT2D eigenvalue weighted by molar-refractivity contribution is 7.20. The third-order valence-corrected chi connectivity index (χ3v) is 5.56. The molecule has 0 aliphatic carbocycles. The van der Waals surface area contributed by atoms with E-state index in [9.17, 15) is 14.4 Å². The summed E-state index contributed by atoms with van der Waals surface area (Å²) in [6, 6.07) is 8.16. The number of ether oxygens (including phenoxy) is 2. The summed E-state index contributed by atoms with van der Waals surface area (Å²) in [7, 11) is 0. The molecule has 1 aliphatic rings. The maximum absolute atomic E-state index is 12.3. The van der Waals surface area contributed by atoms with E-state index in [2.05, 4.69) is 5.32 Å². The second-order valence-corrected chi connectivity index (χ2v) is 9.21. The number of hydrogen-bond donors (Lipinski definition) is 3. The standard InChI is InChI=1S/C21H26N4O5S/c1-21(2,3)30-20(28)25-9-8-12(11-25)29-15-7-5-4-6-13(15)16-10-14(17(22)26)18(31-16)24-19(23)27/h4-7,10,12H,8-9,11H2,1-3H3,(H2,22,26)(H3,23,24,27). The van der Waals surface area contributed by atoms with E-state index in [1.54, 1.807) is 11.0 Å². The second kappa shape index (κ2) is 8.84. The van der Waals surface area contributed by atoms with Crippen LogP contribution in [0.4, 0.5) is 14.6 Å². The SMILES string of the molecule is CC(C)(C)OC(=O)N1CCC(Oc2ccccc2-c2cc(C(N)=O)c(NC(N)=O)s2)C1. The number of para-hydroxylation sites is 1. The first kappa shape index (κ1) is 22.4. The molecule has 3 rings (SSSR count). The fraction of sp³-hybridized carbons (Fsp3) is 0.381. The molecule has 2 aromatic rings. The fourth-order valence-electron chi connectivity index (χ4n) is 3.18. The van der Waals surface area contributed by atoms with Crippen LogP contribution in [0, 0.1) is 0 Å². The van der Waals surface area contributed by atoms with E-state index in [4.69, 9.17) is 20.9 Å². The molecule has 1 aromatic carbocycles. The lowest BCUT2D eigenvalue weighted by Crippen LogP contribution is -2.36. The highest BCUT2D eigenvalue weighted by atomic mass is 32.1. The van der Waals surface area contributed by atoms with Crippen LogP contribution < -0.4 is 21.5 Å². The van der Waals surface area contributed by atoms with Gasteiger partial charge in [-0.05, 0) is 39.0 Å². The Kier molecular flexibility index (Phi) is 6.40. The number of rotatable bonds is 5. The molecular weight excluding hydrogens is 420 g/mol. The number of thiophene rings is 1. The van der Waals surface area contributed by atoms with E-state index < -0.39 is 17.5 Å². The van der Waals surface area contributed by atoms with Gasteiger partial charge in [0, 0.05) is 23.4 Å². The Morgan fingerprint density at radius 2 is 1.90 bits per heavy atom. The first-order valence-corrected chi connectivity index (χ1v) is 10.6. The summed E-state index contributed by atoms with van der Waals surface area (Å²) in [5.74, 6) is -0.0742. The predicted octanol–water partition coefficient (Wildman–Crippen LogP) is 3.39. The summed E-state index contributed by atoms with van der Waals surface area (Å²) < 4.78 is 11.6. The lowest BCUT2D eigenvalue weighted by atomic mass is 10.1. The van der Waals surface area contributed by atoms with Gasteiger partial charge in [-0.15, -0.1) is 11.3 Å². The summed E-state index contributed by atoms with van der Waals surface area (Å²) in [5.41, 5.74) is 11.0. The Labute approximate surface area is 184 Å². The molecule has 1 aliphatic heterocycles. The van der Waals surface area contributed by atoms with Crippen molar-refractivity contribution in [1.29, 1.82) is 0 Å². The second-order valence-electron chi connectivity index (χ2n) is 8.16. The van der Waals surface area contributed by atoms with Gasteiger partial charge in [0.15, 0.2) is 0 Å². The molecule has 9 nitrogen and oxygen atoms in total. The van der Waals surface area contributed by atoms with Gasteiger partial charge in [-0.3, -0.25) is 10.1 Å². The minimum Gasteiger partial charge on any atom is -0.488 e. The number of anilines is 1. The van der Waals surface area contributed by atoms with Crippen LogP contribution in [0.2, 0.25) is 0 Å². The number of carbonyl (C=O) groups is 3. The van der Waals surface area contributed by atoms with E-state index in [1.807, 2.05) is 45.0 Å². The molecule has 5 N–H and O–H groups in total. The molecule has 2 heterocycles. The molecule has 10 heteroatoms. The van der Waals surface area contributed by atoms with Gasteiger partial charge in [-0.1, -0.05) is 12.1 Å². The molecule has 1 unspecified atom stereocenters. The number of likely N-dealkylation sites (tertiary alicyclic amines) is 1. The average molecular weight is 447 g/mol. The van der Waals surface area contributed by atoms with Gasteiger partial charge in [0.2, 0.25) is 0 Å². The molecule has 0 saturated carbocycles. The van der Waals surface area contributed by atoms with Crippen molar-refractivity contribution in [3.8, 4) is 16.2 Å². The monoisotopic (exact) mass is 446 g/mol. The summed E-state index contributed by atoms with van der Waals surface area (Å²) in [6.07, 6.45) is 0.102. The maximum Gasteiger partial charge on any atom is 0.410 e. The topological polar surface area (TPSA) is 137 Å². The zero-order chi connectivity index (χ0) is 22.8. The minimum absolute atomic E-state index is 0.172. The number of nitrogens with zero attached hydrogens (tertiary/aromatic N) is 1. The van der Waals surface area contributed by atoms with Gasteiger partial charge in [0.05, 0.1) is 12.1 Å². The van der Waals surface area contributed by atoms with Crippen molar-refractivity contribution in [3.63, 3.8) is 0 Å². The maximum atomic E-state index is 12.3. The fourth-order valence-corrected chi connectivity index (χ4v) is 4.28. The molecule has 31 heavy (non-hydrogen) atoms. The van der Waals surface area contributed by atoms with Gasteiger partial charge in [0.1, 0.15) is 22.5 Å². The Balaban J connectivity index is 1.79. The third kappa shape index (κ3) is 5.66. The van der Waals surface area contributed by atoms with Crippen molar-refractivity contribution in [2.75, 3.05) is 18.4 Å². The van der Waals surface area contributed by atoms with E-state index in [1.165, 1.54) is 11.3 Å². The Morgan fingerprint density at radius 3 is 2.55 bits per heavy atom. The lowest BCUT2D eigenvalue weighted by Gasteiger charge is -2.24. The first-order chi connectivity index (χ1) is 14.5. The molecule has 1 saturated heterocycles. The van der Waals surface area contributed by atoms with Crippen molar-refractivity contribution in [2.24, 2.45) is 11.5 Å². The van der Waals surface area contributed by atoms with Gasteiger partial charge in [-0.2, -0.15) is 0 Å². The summed E-state index contributed by atoms with van der Waals surface area (Å²) in [5, 5.41) is 2.71. The molecular formula is C21H26N4O5S. The molecule has 1 fully saturated rings. The summed E-state index contributed by atoms with van der Waals surface area (Å²) >= 11 is 1.18. The largest absolute Gasteiger partial charge is 0.488 e. The minimum atomic E-state index is -0.784. The average Bonchev–Trinajstić information content (AvgIpc) is 3.28. The van der Waals surface area contributed by atoms with Gasteiger partial charge in [0.25, 0.3) is 5.91 Å². The predicted molar refractivity (Wildman–Crippen MR) is 118 cm³/mol. The number of urea groups is 1. The molecule has 0 radical (unpaired) electrons. The van der Waals surface area contributed by atoms with Crippen LogP contribution in [0.5, 0.6) is 5.75 Å². The summed E-state index contributed by atoms with van der Waals surface area (Å²) in [4.78, 5) is 37.6. The van der Waals surface area contributed by atoms with E-state index in [0.717, 1.165) is 5.56 Å². The van der Waals surface area contributed by atoms with Crippen molar-refractivity contribution >= 4 is 34.4 Å². The van der Waals surface area contributed by atoms with Crippen molar-refractivity contribution < 1.29 is 23.9 Å². The quantitative estimate of drug-likeness (QED) is 0.646. The normalized spacial score (nSPS) is 16.1. The number of hydrogen-bond acceptors (Lipinski definition) is 6. The van der Waals surface area contributed by atoms with Gasteiger partial charge >= 0.3 is 12.1 Å². The molecule has 4 amide bonds. The molecule has 166 valence electrons. The number of nitrogens with one attached hydrogen (secondary N) is 1. The van der Waals surface area contributed by atoms with Crippen molar-refractivity contribution in [2.45, 2.75) is 38.9 Å². The van der Waals surface area contributed by atoms with Crippen LogP contribution in [0.25, 0.3) is 10.4 Å². The Morgan fingerprint density at radius 1 is 1.19 bits per heavy atom. The van der Waals surface area contributed by atoms with Crippen LogP contribution in [0.1, 0.15) is 37.6 Å². The number of benzene rings is 1. The van der Waals surface area contributed by atoms with Crippen LogP contribution >= 0.6 is 11.3 Å². The summed E-state index contributed by atoms with van der Waals surface area (Å²) in [6.45, 7) is 6.43. The van der Waals surface area contributed by atoms with Crippen LogP contribution in [-0.4, -0.2) is 47.7 Å². The van der Waals surface area contributed by atoms with Crippen molar-refractivity contribution in [3.05, 3.63) is 35.9 Å². The van der Waals surface area contributed by atoms with Crippen LogP contribution in [0.3, 0.4) is 0 Å². The highest BCUT2D eigenvalue weighted by Gasteiger charge is 2.31.